The predicted octanol–water partition coefficient (Wildman–Crippen LogP) is 3.40. The first-order chi connectivity index (χ1) is 9.08. The molecule has 0 bridgehead atoms. The van der Waals surface area contributed by atoms with Crippen LogP contribution < -0.4 is 0 Å². The van der Waals surface area contributed by atoms with Gasteiger partial charge in [0.1, 0.15) is 0 Å². The highest BCUT2D eigenvalue weighted by molar-refractivity contribution is 5.99. The smallest absolute Gasteiger partial charge is 0.334 e. The van der Waals surface area contributed by atoms with Crippen LogP contribution in [0.3, 0.4) is 0 Å². The van der Waals surface area contributed by atoms with Gasteiger partial charge in [0, 0.05) is 11.1 Å². The molecule has 0 unspecified atom stereocenters. The lowest BCUT2D eigenvalue weighted by atomic mass is 10.1. The van der Waals surface area contributed by atoms with Gasteiger partial charge in [-0.25, -0.2) is 9.59 Å². The lowest BCUT2D eigenvalue weighted by Gasteiger charge is -2.10. The lowest BCUT2D eigenvalue weighted by molar-refractivity contribution is -0.142. The first kappa shape index (κ1) is 17.7. The molecule has 0 heterocycles. The van der Waals surface area contributed by atoms with Gasteiger partial charge in [-0.2, -0.15) is 0 Å². The van der Waals surface area contributed by atoms with Crippen molar-refractivity contribution in [2.45, 2.75) is 59.8 Å². The van der Waals surface area contributed by atoms with Crippen molar-refractivity contribution in [2.24, 2.45) is 0 Å². The highest BCUT2D eigenvalue weighted by atomic mass is 16.5. The number of unbranched alkanes of at least 4 members (excludes halogenated alkanes) is 2. The van der Waals surface area contributed by atoms with E-state index in [2.05, 4.69) is 0 Å². The number of ether oxygens (including phenoxy) is 2. The van der Waals surface area contributed by atoms with E-state index in [1.54, 1.807) is 6.92 Å². The van der Waals surface area contributed by atoms with Crippen molar-refractivity contribution >= 4 is 11.9 Å². The second-order valence-electron chi connectivity index (χ2n) is 4.44. The van der Waals surface area contributed by atoms with Crippen LogP contribution in [0, 0.1) is 0 Å². The van der Waals surface area contributed by atoms with E-state index in [4.69, 9.17) is 9.47 Å². The number of hydrogen-bond donors (Lipinski definition) is 0. The van der Waals surface area contributed by atoms with Crippen LogP contribution in [-0.4, -0.2) is 25.2 Å². The van der Waals surface area contributed by atoms with Gasteiger partial charge in [0.15, 0.2) is 0 Å². The van der Waals surface area contributed by atoms with Gasteiger partial charge in [0.2, 0.25) is 0 Å². The Hall–Kier alpha value is -1.32. The third-order valence-corrected chi connectivity index (χ3v) is 2.82. The highest BCUT2D eigenvalue weighted by Gasteiger charge is 2.18. The third-order valence-electron chi connectivity index (χ3n) is 2.82. The normalized spacial score (nSPS) is 11.8. The van der Waals surface area contributed by atoms with Gasteiger partial charge < -0.3 is 9.47 Å². The Labute approximate surface area is 116 Å². The van der Waals surface area contributed by atoms with Crippen molar-refractivity contribution < 1.29 is 19.1 Å². The first-order valence-electron chi connectivity index (χ1n) is 7.12. The van der Waals surface area contributed by atoms with Crippen LogP contribution in [-0.2, 0) is 19.1 Å². The van der Waals surface area contributed by atoms with Gasteiger partial charge in [-0.05, 0) is 26.2 Å². The second-order valence-corrected chi connectivity index (χ2v) is 4.44. The zero-order valence-electron chi connectivity index (χ0n) is 12.6. The quantitative estimate of drug-likeness (QED) is 0.366. The fourth-order valence-electron chi connectivity index (χ4n) is 1.50. The van der Waals surface area contributed by atoms with E-state index in [-0.39, 0.29) is 0 Å². The van der Waals surface area contributed by atoms with Crippen molar-refractivity contribution in [3.8, 4) is 0 Å². The van der Waals surface area contributed by atoms with Gasteiger partial charge in [-0.1, -0.05) is 33.6 Å². The van der Waals surface area contributed by atoms with E-state index in [0.717, 1.165) is 25.7 Å². The molecule has 0 spiro atoms. The lowest BCUT2D eigenvalue weighted by Crippen LogP contribution is -2.15. The van der Waals surface area contributed by atoms with Gasteiger partial charge in [0.05, 0.1) is 13.2 Å². The molecule has 0 rings (SSSR count). The van der Waals surface area contributed by atoms with E-state index < -0.39 is 11.9 Å². The standard InChI is InChI=1S/C15H26O4/c1-5-8-10-18-14(16)12(4)13(7-3)15(17)19-11-9-6-2/h5-11H2,1-4H3/b13-12-. The van der Waals surface area contributed by atoms with Gasteiger partial charge in [0.25, 0.3) is 0 Å². The van der Waals surface area contributed by atoms with Crippen LogP contribution >= 0.6 is 0 Å². The summed E-state index contributed by atoms with van der Waals surface area (Å²) in [6.07, 6.45) is 4.08. The maximum atomic E-state index is 11.8. The monoisotopic (exact) mass is 270 g/mol. The summed E-state index contributed by atoms with van der Waals surface area (Å²) in [6.45, 7) is 8.30. The fraction of sp³-hybridized carbons (Fsp3) is 0.733. The molecule has 0 amide bonds. The van der Waals surface area contributed by atoms with Crippen LogP contribution in [0.2, 0.25) is 0 Å². The van der Waals surface area contributed by atoms with E-state index in [1.165, 1.54) is 0 Å². The molecule has 0 saturated heterocycles. The molecule has 0 aromatic rings. The topological polar surface area (TPSA) is 52.6 Å². The minimum Gasteiger partial charge on any atom is -0.462 e. The Kier molecular flexibility index (Phi) is 9.85. The zero-order valence-corrected chi connectivity index (χ0v) is 12.6. The van der Waals surface area contributed by atoms with Crippen molar-refractivity contribution in [3.63, 3.8) is 0 Å². The summed E-state index contributed by atoms with van der Waals surface area (Å²) in [6, 6.07) is 0. The number of carbonyl (C=O) groups excluding carboxylic acids is 2. The van der Waals surface area contributed by atoms with E-state index in [9.17, 15) is 9.59 Å². The van der Waals surface area contributed by atoms with E-state index >= 15 is 0 Å². The molecule has 0 N–H and O–H groups in total. The Morgan fingerprint density at radius 2 is 1.32 bits per heavy atom. The van der Waals surface area contributed by atoms with Crippen LogP contribution in [0.1, 0.15) is 59.8 Å². The molecular formula is C15H26O4. The van der Waals surface area contributed by atoms with Crippen molar-refractivity contribution in [3.05, 3.63) is 11.1 Å². The Balaban J connectivity index is 4.54. The van der Waals surface area contributed by atoms with E-state index in [1.807, 2.05) is 20.8 Å². The molecule has 0 aromatic carbocycles. The van der Waals surface area contributed by atoms with Crippen LogP contribution in [0.15, 0.2) is 11.1 Å². The molecule has 4 nitrogen and oxygen atoms in total. The first-order valence-corrected chi connectivity index (χ1v) is 7.12. The summed E-state index contributed by atoms with van der Waals surface area (Å²) in [5.41, 5.74) is 0.776. The summed E-state index contributed by atoms with van der Waals surface area (Å²) < 4.78 is 10.2. The minimum absolute atomic E-state index is 0.361. The summed E-state index contributed by atoms with van der Waals surface area (Å²) in [4.78, 5) is 23.6. The number of hydrogen-bond acceptors (Lipinski definition) is 4. The van der Waals surface area contributed by atoms with Crippen LogP contribution in [0.25, 0.3) is 0 Å². The largest absolute Gasteiger partial charge is 0.462 e. The fourth-order valence-corrected chi connectivity index (χ4v) is 1.50. The average molecular weight is 270 g/mol. The molecular weight excluding hydrogens is 244 g/mol. The zero-order chi connectivity index (χ0) is 14.7. The Morgan fingerprint density at radius 1 is 0.842 bits per heavy atom. The van der Waals surface area contributed by atoms with Crippen molar-refractivity contribution in [1.82, 2.24) is 0 Å². The minimum atomic E-state index is -0.419. The number of rotatable bonds is 9. The average Bonchev–Trinajstić information content (AvgIpc) is 2.39. The summed E-state index contributed by atoms with van der Waals surface area (Å²) >= 11 is 0. The Bertz CT molecular complexity index is 318. The predicted molar refractivity (Wildman–Crippen MR) is 74.7 cm³/mol. The summed E-state index contributed by atoms with van der Waals surface area (Å²) in [5, 5.41) is 0. The molecule has 0 aliphatic rings. The second kappa shape index (κ2) is 10.6. The maximum Gasteiger partial charge on any atom is 0.334 e. The van der Waals surface area contributed by atoms with Crippen LogP contribution in [0.4, 0.5) is 0 Å². The SMILES string of the molecule is CCCCOC(=O)/C(C)=C(/CC)C(=O)OCCCC. The molecule has 0 fully saturated rings. The third kappa shape index (κ3) is 6.99. The van der Waals surface area contributed by atoms with Gasteiger partial charge in [-0.3, -0.25) is 0 Å². The van der Waals surface area contributed by atoms with Crippen LogP contribution in [0.5, 0.6) is 0 Å². The van der Waals surface area contributed by atoms with Gasteiger partial charge in [-0.15, -0.1) is 0 Å². The molecule has 0 aliphatic carbocycles. The molecule has 0 radical (unpaired) electrons. The number of esters is 2. The molecule has 4 heteroatoms. The highest BCUT2D eigenvalue weighted by Crippen LogP contribution is 2.13. The van der Waals surface area contributed by atoms with Gasteiger partial charge >= 0.3 is 11.9 Å². The Morgan fingerprint density at radius 3 is 1.74 bits per heavy atom. The summed E-state index contributed by atoms with van der Waals surface area (Å²) in [5.74, 6) is -0.821. The molecule has 19 heavy (non-hydrogen) atoms. The molecule has 0 atom stereocenters. The van der Waals surface area contributed by atoms with Crippen molar-refractivity contribution in [1.29, 1.82) is 0 Å². The maximum absolute atomic E-state index is 11.8. The molecule has 110 valence electrons. The molecule has 0 aromatic heterocycles. The van der Waals surface area contributed by atoms with E-state index in [0.29, 0.717) is 30.8 Å². The van der Waals surface area contributed by atoms with Crippen molar-refractivity contribution in [2.75, 3.05) is 13.2 Å². The number of carbonyl (C=O) groups is 2. The summed E-state index contributed by atoms with van der Waals surface area (Å²) in [7, 11) is 0. The molecule has 0 aliphatic heterocycles. The molecule has 0 saturated carbocycles.